The molecule has 312 valence electrons. The van der Waals surface area contributed by atoms with Gasteiger partial charge < -0.3 is 0 Å². The fourth-order valence-corrected chi connectivity index (χ4v) is 11.9. The largest absolute Gasteiger partial charge is 0.135 e. The maximum atomic E-state index is 2.42. The third-order valence-corrected chi connectivity index (χ3v) is 15.0. The van der Waals surface area contributed by atoms with E-state index in [1.54, 1.807) is 0 Å². The Morgan fingerprint density at radius 3 is 1.74 bits per heavy atom. The van der Waals surface area contributed by atoms with Gasteiger partial charge in [0.05, 0.1) is 5.41 Å². The van der Waals surface area contributed by atoms with Crippen molar-refractivity contribution in [2.45, 2.75) is 38.0 Å². The van der Waals surface area contributed by atoms with Crippen molar-refractivity contribution >= 4 is 37.1 Å². The van der Waals surface area contributed by atoms with Gasteiger partial charge in [0.1, 0.15) is 0 Å². The Bertz CT molecular complexity index is 3310. The van der Waals surface area contributed by atoms with E-state index in [9.17, 15) is 0 Å². The summed E-state index contributed by atoms with van der Waals surface area (Å²) in [5.74, 6) is 0.290. The van der Waals surface area contributed by atoms with Crippen molar-refractivity contribution in [3.63, 3.8) is 0 Å². The monoisotopic (exact) mass is 850 g/mol. The van der Waals surface area contributed by atoms with E-state index in [1.165, 1.54) is 104 Å². The molecule has 0 nitrogen and oxygen atoms in total. The lowest BCUT2D eigenvalue weighted by Gasteiger charge is -2.35. The van der Waals surface area contributed by atoms with Crippen LogP contribution in [0.15, 0.2) is 242 Å². The SMILES string of the molecule is C/C=C\C1=C(C)c2cc(-c3ccc(-c4cccc(CCC(c5ccccc5)c5ccc(-c6cccc7c6sc6ccccc67)cc5)c4)cc3)ccc2C1(c1ccccc1)c1ccccc1. The summed E-state index contributed by atoms with van der Waals surface area (Å²) in [5, 5.41) is 2.68. The van der Waals surface area contributed by atoms with E-state index in [4.69, 9.17) is 0 Å². The first-order valence-corrected chi connectivity index (χ1v) is 23.8. The average molecular weight is 851 g/mol. The lowest BCUT2D eigenvalue weighted by Crippen LogP contribution is -2.29. The zero-order valence-corrected chi connectivity index (χ0v) is 37.7. The highest BCUT2D eigenvalue weighted by atomic mass is 32.1. The van der Waals surface area contributed by atoms with E-state index in [0.717, 1.165) is 12.8 Å². The number of thiophene rings is 1. The molecule has 0 spiro atoms. The zero-order valence-electron chi connectivity index (χ0n) is 36.9. The number of fused-ring (bicyclic) bond motifs is 4. The van der Waals surface area contributed by atoms with Crippen LogP contribution in [0.5, 0.6) is 0 Å². The molecule has 0 amide bonds. The Hall–Kier alpha value is -7.32. The molecule has 65 heavy (non-hydrogen) atoms. The second-order valence-electron chi connectivity index (χ2n) is 17.5. The molecule has 0 saturated heterocycles. The third kappa shape index (κ3) is 7.27. The van der Waals surface area contributed by atoms with E-state index in [2.05, 4.69) is 250 Å². The maximum absolute atomic E-state index is 2.42. The van der Waals surface area contributed by atoms with E-state index in [1.807, 2.05) is 11.3 Å². The predicted octanol–water partition coefficient (Wildman–Crippen LogP) is 17.5. The smallest absolute Gasteiger partial charge is 0.0710 e. The number of allylic oxidation sites excluding steroid dienone is 4. The van der Waals surface area contributed by atoms with Crippen LogP contribution in [-0.2, 0) is 11.8 Å². The van der Waals surface area contributed by atoms with Gasteiger partial charge >= 0.3 is 0 Å². The van der Waals surface area contributed by atoms with Crippen LogP contribution in [0, 0.1) is 0 Å². The van der Waals surface area contributed by atoms with Crippen molar-refractivity contribution < 1.29 is 0 Å². The summed E-state index contributed by atoms with van der Waals surface area (Å²) in [6.07, 6.45) is 6.52. The van der Waals surface area contributed by atoms with Crippen molar-refractivity contribution in [2.75, 3.05) is 0 Å². The van der Waals surface area contributed by atoms with Crippen molar-refractivity contribution in [2.24, 2.45) is 0 Å². The van der Waals surface area contributed by atoms with E-state index < -0.39 is 0 Å². The molecule has 1 aliphatic rings. The summed E-state index contributed by atoms with van der Waals surface area (Å²) in [7, 11) is 0. The number of hydrogen-bond donors (Lipinski definition) is 0. The minimum Gasteiger partial charge on any atom is -0.135 e. The van der Waals surface area contributed by atoms with Gasteiger partial charge in [0.15, 0.2) is 0 Å². The van der Waals surface area contributed by atoms with E-state index in [-0.39, 0.29) is 5.41 Å². The molecule has 1 atom stereocenters. The van der Waals surface area contributed by atoms with E-state index >= 15 is 0 Å². The van der Waals surface area contributed by atoms with Gasteiger partial charge in [0.25, 0.3) is 0 Å². The molecule has 0 fully saturated rings. The van der Waals surface area contributed by atoms with Crippen molar-refractivity contribution in [3.8, 4) is 33.4 Å². The van der Waals surface area contributed by atoms with Gasteiger partial charge in [-0.25, -0.2) is 0 Å². The minimum atomic E-state index is -0.385. The Kier molecular flexibility index (Phi) is 10.8. The van der Waals surface area contributed by atoms with Crippen LogP contribution in [0.4, 0.5) is 0 Å². The lowest BCUT2D eigenvalue weighted by molar-refractivity contribution is 0.715. The maximum Gasteiger partial charge on any atom is 0.0710 e. The Morgan fingerprint density at radius 1 is 0.477 bits per heavy atom. The Labute approximate surface area is 387 Å². The van der Waals surface area contributed by atoms with Gasteiger partial charge in [-0.2, -0.15) is 0 Å². The first kappa shape index (κ1) is 40.5. The molecule has 1 aromatic heterocycles. The van der Waals surface area contributed by atoms with Gasteiger partial charge in [-0.1, -0.05) is 224 Å². The molecule has 0 aliphatic heterocycles. The standard InChI is InChI=1S/C64H50S/c1-3-17-60-44(2)59-43-52(39-41-61(59)64(60,53-22-9-5-10-23-53)54-24-11-6-12-25-54)47-33-31-46(32-34-47)51-21-15-18-45(42-51)30-40-55(48-19-7-4-8-20-48)49-35-37-50(38-36-49)56-27-16-28-58-57-26-13-14-29-62(57)65-63(56)58/h3-29,31-39,41-43,55H,30,40H2,1-2H3/b17-3-. The van der Waals surface area contributed by atoms with Crippen LogP contribution < -0.4 is 0 Å². The topological polar surface area (TPSA) is 0 Å². The van der Waals surface area contributed by atoms with Crippen LogP contribution >= 0.6 is 11.3 Å². The summed E-state index contributed by atoms with van der Waals surface area (Å²) in [6, 6.07) is 83.4. The molecule has 11 rings (SSSR count). The minimum absolute atomic E-state index is 0.290. The second kappa shape index (κ2) is 17.3. The van der Waals surface area contributed by atoms with Crippen LogP contribution in [0.2, 0.25) is 0 Å². The summed E-state index contributed by atoms with van der Waals surface area (Å²) in [5.41, 5.74) is 19.1. The van der Waals surface area contributed by atoms with Gasteiger partial charge in [-0.3, -0.25) is 0 Å². The highest BCUT2D eigenvalue weighted by molar-refractivity contribution is 7.26. The summed E-state index contributed by atoms with van der Waals surface area (Å²) < 4.78 is 2.70. The molecule has 0 radical (unpaired) electrons. The molecular formula is C64H50S. The quantitative estimate of drug-likeness (QED) is 0.122. The fraction of sp³-hybridized carbons (Fsp3) is 0.0938. The van der Waals surface area contributed by atoms with Gasteiger partial charge in [-0.15, -0.1) is 11.3 Å². The molecule has 1 heteroatoms. The van der Waals surface area contributed by atoms with Crippen molar-refractivity contribution in [1.82, 2.24) is 0 Å². The highest BCUT2D eigenvalue weighted by Crippen LogP contribution is 2.55. The molecule has 0 bridgehead atoms. The molecular weight excluding hydrogens is 801 g/mol. The first-order valence-electron chi connectivity index (χ1n) is 23.0. The van der Waals surface area contributed by atoms with Crippen LogP contribution in [0.3, 0.4) is 0 Å². The molecule has 9 aromatic carbocycles. The van der Waals surface area contributed by atoms with Crippen molar-refractivity contribution in [1.29, 1.82) is 0 Å². The van der Waals surface area contributed by atoms with Crippen molar-refractivity contribution in [3.05, 3.63) is 281 Å². The summed E-state index contributed by atoms with van der Waals surface area (Å²) >= 11 is 1.90. The molecule has 0 saturated carbocycles. The Balaban J connectivity index is 0.854. The van der Waals surface area contributed by atoms with Crippen LogP contribution in [0.25, 0.3) is 59.1 Å². The molecule has 10 aromatic rings. The molecule has 0 N–H and O–H groups in total. The summed E-state index contributed by atoms with van der Waals surface area (Å²) in [6.45, 7) is 4.43. The zero-order chi connectivity index (χ0) is 43.7. The first-order chi connectivity index (χ1) is 32.1. The third-order valence-electron chi connectivity index (χ3n) is 13.8. The Morgan fingerprint density at radius 2 is 1.05 bits per heavy atom. The predicted molar refractivity (Wildman–Crippen MR) is 279 cm³/mol. The lowest BCUT2D eigenvalue weighted by atomic mass is 9.66. The van der Waals surface area contributed by atoms with Crippen LogP contribution in [0.1, 0.15) is 65.1 Å². The molecule has 1 unspecified atom stereocenters. The van der Waals surface area contributed by atoms with Gasteiger partial charge in [0, 0.05) is 26.1 Å². The van der Waals surface area contributed by atoms with Crippen LogP contribution in [-0.4, -0.2) is 0 Å². The number of aryl methyl sites for hydroxylation is 1. The molecule has 1 heterocycles. The van der Waals surface area contributed by atoms with E-state index in [0.29, 0.717) is 5.92 Å². The fourth-order valence-electron chi connectivity index (χ4n) is 10.7. The number of rotatable bonds is 11. The average Bonchev–Trinajstić information content (AvgIpc) is 3.88. The van der Waals surface area contributed by atoms with Gasteiger partial charge in [-0.05, 0) is 122 Å². The second-order valence-corrected chi connectivity index (χ2v) is 18.5. The highest BCUT2D eigenvalue weighted by Gasteiger charge is 2.45. The number of hydrogen-bond acceptors (Lipinski definition) is 1. The number of benzene rings is 9. The van der Waals surface area contributed by atoms with Gasteiger partial charge in [0.2, 0.25) is 0 Å². The normalized spacial score (nSPS) is 13.8. The summed E-state index contributed by atoms with van der Waals surface area (Å²) in [4.78, 5) is 0. The molecule has 1 aliphatic carbocycles.